The van der Waals surface area contributed by atoms with Crippen molar-refractivity contribution in [1.29, 1.82) is 0 Å². The van der Waals surface area contributed by atoms with E-state index in [0.717, 1.165) is 6.42 Å². The van der Waals surface area contributed by atoms with Crippen LogP contribution in [0.3, 0.4) is 0 Å². The maximum atomic E-state index is 9.64. The first-order valence-electron chi connectivity index (χ1n) is 10.8. The largest absolute Gasteiger partial charge is 1.00 e. The molecular weight excluding hydrogens is 351 g/mol. The van der Waals surface area contributed by atoms with Gasteiger partial charge in [0.2, 0.25) is 0 Å². The molecule has 0 aromatic rings. The maximum Gasteiger partial charge on any atom is 1.00 e. The standard InChI is InChI=1S/C18H37.C4H6O4.Na/c1-3-5-7-9-11-13-15-17-18-16-14-12-10-8-6-4-2;5-3(6)1-2-4(7)8;/h1,3-18H2,2H3;1-2H2,(H,5,6)(H,7,8);/q-1;;+1. The first-order valence-corrected chi connectivity index (χ1v) is 10.8. The zero-order chi connectivity index (χ0) is 19.9. The molecule has 0 saturated carbocycles. The Labute approximate surface area is 190 Å². The smallest absolute Gasteiger partial charge is 0.481 e. The van der Waals surface area contributed by atoms with E-state index in [-0.39, 0.29) is 42.4 Å². The number of hydrogen-bond donors (Lipinski definition) is 2. The number of carboxylic acid groups (broad SMARTS) is 2. The van der Waals surface area contributed by atoms with Gasteiger partial charge in [-0.2, -0.15) is 6.42 Å². The molecule has 0 fully saturated rings. The van der Waals surface area contributed by atoms with Gasteiger partial charge in [0, 0.05) is 0 Å². The molecule has 0 heterocycles. The van der Waals surface area contributed by atoms with Crippen LogP contribution >= 0.6 is 0 Å². The van der Waals surface area contributed by atoms with Crippen molar-refractivity contribution in [2.45, 2.75) is 122 Å². The number of aliphatic carboxylic acids is 2. The summed E-state index contributed by atoms with van der Waals surface area (Å²) in [5.41, 5.74) is 0. The fourth-order valence-corrected chi connectivity index (χ4v) is 2.76. The minimum absolute atomic E-state index is 0. The maximum absolute atomic E-state index is 9.64. The van der Waals surface area contributed by atoms with Crippen LogP contribution in [-0.4, -0.2) is 22.2 Å². The van der Waals surface area contributed by atoms with E-state index in [1.807, 2.05) is 0 Å². The minimum atomic E-state index is -1.08. The number of carboxylic acids is 2. The summed E-state index contributed by atoms with van der Waals surface area (Å²) in [6, 6.07) is 0. The predicted molar refractivity (Wildman–Crippen MR) is 109 cm³/mol. The van der Waals surface area contributed by atoms with Crippen LogP contribution < -0.4 is 29.6 Å². The first-order chi connectivity index (χ1) is 12.5. The van der Waals surface area contributed by atoms with Crippen LogP contribution in [0.1, 0.15) is 122 Å². The van der Waals surface area contributed by atoms with Gasteiger partial charge in [-0.15, -0.1) is 0 Å². The van der Waals surface area contributed by atoms with E-state index in [9.17, 15) is 9.59 Å². The molecule has 0 atom stereocenters. The second-order valence-electron chi connectivity index (χ2n) is 7.09. The quantitative estimate of drug-likeness (QED) is 0.209. The van der Waals surface area contributed by atoms with Crippen LogP contribution in [-0.2, 0) is 9.59 Å². The molecule has 0 amide bonds. The third-order valence-corrected chi connectivity index (χ3v) is 4.41. The summed E-state index contributed by atoms with van der Waals surface area (Å²) in [4.78, 5) is 19.3. The molecule has 0 radical (unpaired) electrons. The molecule has 0 unspecified atom stereocenters. The van der Waals surface area contributed by atoms with Gasteiger partial charge in [-0.1, -0.05) is 103 Å². The molecule has 0 aliphatic heterocycles. The van der Waals surface area contributed by atoms with Crippen molar-refractivity contribution in [3.8, 4) is 0 Å². The van der Waals surface area contributed by atoms with Gasteiger partial charge in [0.05, 0.1) is 12.8 Å². The number of unbranched alkanes of at least 4 members (excludes halogenated alkanes) is 15. The molecule has 27 heavy (non-hydrogen) atoms. The summed E-state index contributed by atoms with van der Waals surface area (Å²) in [5, 5.41) is 15.8. The fraction of sp³-hybridized carbons (Fsp3) is 0.864. The average molecular weight is 395 g/mol. The SMILES string of the molecule is O=C(O)CCC(=O)O.[CH2-]CCCCCCCCCCCCCCCCC.[Na+]. The van der Waals surface area contributed by atoms with Crippen LogP contribution in [0.4, 0.5) is 0 Å². The first kappa shape index (κ1) is 31.6. The molecule has 0 rings (SSSR count). The molecule has 0 bridgehead atoms. The summed E-state index contributed by atoms with van der Waals surface area (Å²) >= 11 is 0. The molecule has 0 aromatic heterocycles. The second-order valence-corrected chi connectivity index (χ2v) is 7.09. The summed E-state index contributed by atoms with van der Waals surface area (Å²) < 4.78 is 0. The second kappa shape index (κ2) is 28.2. The Bertz CT molecular complexity index is 279. The Hall–Kier alpha value is -0.0600. The van der Waals surface area contributed by atoms with Gasteiger partial charge >= 0.3 is 41.5 Å². The van der Waals surface area contributed by atoms with E-state index >= 15 is 0 Å². The number of rotatable bonds is 18. The summed E-state index contributed by atoms with van der Waals surface area (Å²) in [5.74, 6) is -2.15. The third-order valence-electron chi connectivity index (χ3n) is 4.41. The molecule has 0 aliphatic rings. The molecule has 2 N–H and O–H groups in total. The van der Waals surface area contributed by atoms with Gasteiger partial charge in [-0.3, -0.25) is 9.59 Å². The Morgan fingerprint density at radius 3 is 1.07 bits per heavy atom. The molecule has 4 nitrogen and oxygen atoms in total. The fourth-order valence-electron chi connectivity index (χ4n) is 2.76. The van der Waals surface area contributed by atoms with E-state index in [1.54, 1.807) is 0 Å². The van der Waals surface area contributed by atoms with E-state index < -0.39 is 11.9 Å². The van der Waals surface area contributed by atoms with Crippen molar-refractivity contribution in [1.82, 2.24) is 0 Å². The van der Waals surface area contributed by atoms with Crippen LogP contribution in [0.2, 0.25) is 0 Å². The zero-order valence-corrected chi connectivity index (χ0v) is 20.1. The van der Waals surface area contributed by atoms with Gasteiger partial charge in [0.1, 0.15) is 0 Å². The van der Waals surface area contributed by atoms with E-state index in [1.165, 1.54) is 96.3 Å². The normalized spacial score (nSPS) is 9.85. The van der Waals surface area contributed by atoms with Crippen molar-refractivity contribution in [2.24, 2.45) is 0 Å². The van der Waals surface area contributed by atoms with E-state index in [4.69, 9.17) is 10.2 Å². The van der Waals surface area contributed by atoms with Crippen LogP contribution in [0, 0.1) is 6.92 Å². The van der Waals surface area contributed by atoms with Gasteiger partial charge in [0.25, 0.3) is 0 Å². The molecule has 0 spiro atoms. The zero-order valence-electron chi connectivity index (χ0n) is 18.1. The van der Waals surface area contributed by atoms with E-state index in [2.05, 4.69) is 13.8 Å². The topological polar surface area (TPSA) is 74.6 Å². The summed E-state index contributed by atoms with van der Waals surface area (Å²) in [6.07, 6.45) is 22.2. The Morgan fingerprint density at radius 1 is 0.593 bits per heavy atom. The predicted octanol–water partition coefficient (Wildman–Crippen LogP) is 4.02. The van der Waals surface area contributed by atoms with Crippen molar-refractivity contribution in [3.05, 3.63) is 6.92 Å². The molecule has 0 saturated heterocycles. The van der Waals surface area contributed by atoms with Gasteiger partial charge in [-0.25, -0.2) is 0 Å². The van der Waals surface area contributed by atoms with Crippen LogP contribution in [0.25, 0.3) is 0 Å². The van der Waals surface area contributed by atoms with Crippen molar-refractivity contribution < 1.29 is 49.4 Å². The Balaban J connectivity index is -0.000000542. The summed E-state index contributed by atoms with van der Waals surface area (Å²) in [6.45, 7) is 6.18. The van der Waals surface area contributed by atoms with E-state index in [0.29, 0.717) is 0 Å². The molecule has 0 aromatic carbocycles. The molecule has 5 heteroatoms. The van der Waals surface area contributed by atoms with Gasteiger partial charge < -0.3 is 17.1 Å². The third kappa shape index (κ3) is 37.4. The summed E-state index contributed by atoms with van der Waals surface area (Å²) in [7, 11) is 0. The molecule has 156 valence electrons. The van der Waals surface area contributed by atoms with Crippen molar-refractivity contribution in [2.75, 3.05) is 0 Å². The minimum Gasteiger partial charge on any atom is -0.481 e. The van der Waals surface area contributed by atoms with Gasteiger partial charge in [0.15, 0.2) is 0 Å². The Kier molecular flexibility index (Phi) is 33.0. The van der Waals surface area contributed by atoms with Crippen molar-refractivity contribution >= 4 is 11.9 Å². The van der Waals surface area contributed by atoms with Crippen LogP contribution in [0.15, 0.2) is 0 Å². The van der Waals surface area contributed by atoms with Crippen molar-refractivity contribution in [3.63, 3.8) is 0 Å². The average Bonchev–Trinajstić information content (AvgIpc) is 2.61. The van der Waals surface area contributed by atoms with Gasteiger partial charge in [-0.05, 0) is 0 Å². The number of carbonyl (C=O) groups is 2. The van der Waals surface area contributed by atoms with Crippen LogP contribution in [0.5, 0.6) is 0 Å². The monoisotopic (exact) mass is 394 g/mol. The molecular formula is C22H43NaO4. The Morgan fingerprint density at radius 2 is 0.852 bits per heavy atom. The molecule has 0 aliphatic carbocycles. The number of hydrogen-bond acceptors (Lipinski definition) is 2.